The molecule has 0 saturated heterocycles. The summed E-state index contributed by atoms with van der Waals surface area (Å²) in [6.07, 6.45) is 0. The van der Waals surface area contributed by atoms with Crippen LogP contribution in [-0.2, 0) is 0 Å². The van der Waals surface area contributed by atoms with Crippen molar-refractivity contribution in [1.29, 1.82) is 0 Å². The van der Waals surface area contributed by atoms with Crippen molar-refractivity contribution in [2.75, 3.05) is 5.32 Å². The van der Waals surface area contributed by atoms with Gasteiger partial charge < -0.3 is 14.2 Å². The zero-order chi connectivity index (χ0) is 20.0. The van der Waals surface area contributed by atoms with Crippen LogP contribution in [-0.4, -0.2) is 10.9 Å². The summed E-state index contributed by atoms with van der Waals surface area (Å²) in [6, 6.07) is 20.8. The predicted molar refractivity (Wildman–Crippen MR) is 113 cm³/mol. The van der Waals surface area contributed by atoms with Gasteiger partial charge in [0.05, 0.1) is 0 Å². The summed E-state index contributed by atoms with van der Waals surface area (Å²) in [6.45, 7) is 4.09. The van der Waals surface area contributed by atoms with Crippen molar-refractivity contribution < 1.29 is 13.6 Å². The van der Waals surface area contributed by atoms with Crippen LogP contribution in [0.3, 0.4) is 0 Å². The van der Waals surface area contributed by atoms with Crippen molar-refractivity contribution in [3.63, 3.8) is 0 Å². The van der Waals surface area contributed by atoms with Crippen molar-refractivity contribution in [1.82, 2.24) is 4.98 Å². The highest BCUT2D eigenvalue weighted by atomic mass is 16.4. The van der Waals surface area contributed by atoms with Crippen molar-refractivity contribution in [3.8, 4) is 11.5 Å². The summed E-state index contributed by atoms with van der Waals surface area (Å²) in [5, 5.41) is 3.76. The fourth-order valence-electron chi connectivity index (χ4n) is 3.46. The van der Waals surface area contributed by atoms with E-state index in [0.29, 0.717) is 28.3 Å². The van der Waals surface area contributed by atoms with Crippen molar-refractivity contribution >= 4 is 33.7 Å². The number of fused-ring (bicyclic) bond motifs is 2. The molecule has 2 heterocycles. The van der Waals surface area contributed by atoms with E-state index < -0.39 is 0 Å². The monoisotopic (exact) mass is 382 g/mol. The number of benzene rings is 3. The molecule has 0 fully saturated rings. The number of nitrogens with zero attached hydrogens (tertiary/aromatic N) is 1. The van der Waals surface area contributed by atoms with Crippen LogP contribution in [0.4, 0.5) is 5.69 Å². The Morgan fingerprint density at radius 2 is 1.76 bits per heavy atom. The first kappa shape index (κ1) is 17.3. The third-order valence-electron chi connectivity index (χ3n) is 4.91. The number of aryl methyl sites for hydroxylation is 2. The van der Waals surface area contributed by atoms with Crippen LogP contribution in [0.25, 0.3) is 33.5 Å². The fraction of sp³-hybridized carbons (Fsp3) is 0.0833. The van der Waals surface area contributed by atoms with Gasteiger partial charge in [-0.3, -0.25) is 4.79 Å². The fourth-order valence-corrected chi connectivity index (χ4v) is 3.46. The maximum atomic E-state index is 12.6. The second kappa shape index (κ2) is 6.63. The molecule has 0 aliphatic carbocycles. The number of hydrogen-bond acceptors (Lipinski definition) is 4. The largest absolute Gasteiger partial charge is 0.451 e. The van der Waals surface area contributed by atoms with E-state index in [2.05, 4.69) is 23.3 Å². The van der Waals surface area contributed by atoms with E-state index in [1.807, 2.05) is 49.4 Å². The second-order valence-corrected chi connectivity index (χ2v) is 7.12. The van der Waals surface area contributed by atoms with Gasteiger partial charge in [0.25, 0.3) is 5.91 Å². The van der Waals surface area contributed by atoms with Crippen LogP contribution >= 0.6 is 0 Å². The smallest absolute Gasteiger partial charge is 0.291 e. The predicted octanol–water partition coefficient (Wildman–Crippen LogP) is 6.11. The molecule has 0 spiro atoms. The Hall–Kier alpha value is -3.86. The van der Waals surface area contributed by atoms with E-state index in [4.69, 9.17) is 8.83 Å². The zero-order valence-electron chi connectivity index (χ0n) is 16.0. The van der Waals surface area contributed by atoms with Crippen LogP contribution in [0.1, 0.15) is 21.7 Å². The second-order valence-electron chi connectivity index (χ2n) is 7.12. The highest BCUT2D eigenvalue weighted by Crippen LogP contribution is 2.29. The molecule has 5 nitrogen and oxygen atoms in total. The van der Waals surface area contributed by atoms with Gasteiger partial charge in [-0.1, -0.05) is 35.9 Å². The van der Waals surface area contributed by atoms with E-state index in [1.54, 1.807) is 18.2 Å². The van der Waals surface area contributed by atoms with Crippen LogP contribution in [0.15, 0.2) is 75.6 Å². The molecule has 2 aromatic heterocycles. The zero-order valence-corrected chi connectivity index (χ0v) is 16.0. The summed E-state index contributed by atoms with van der Waals surface area (Å²) in [5.74, 6) is 0.527. The van der Waals surface area contributed by atoms with E-state index in [1.165, 1.54) is 5.56 Å². The number of oxazole rings is 1. The molecular formula is C24H18N2O3. The van der Waals surface area contributed by atoms with Gasteiger partial charge in [0.2, 0.25) is 5.89 Å². The van der Waals surface area contributed by atoms with E-state index >= 15 is 0 Å². The Kier molecular flexibility index (Phi) is 3.95. The van der Waals surface area contributed by atoms with Gasteiger partial charge in [-0.05, 0) is 55.8 Å². The number of nitrogens with one attached hydrogen (secondary N) is 1. The van der Waals surface area contributed by atoms with Gasteiger partial charge in [0.15, 0.2) is 11.3 Å². The first-order valence-electron chi connectivity index (χ1n) is 9.35. The molecular weight excluding hydrogens is 364 g/mol. The molecule has 0 radical (unpaired) electrons. The number of anilines is 1. The lowest BCUT2D eigenvalue weighted by Gasteiger charge is -2.02. The van der Waals surface area contributed by atoms with Crippen molar-refractivity contribution in [2.45, 2.75) is 13.8 Å². The van der Waals surface area contributed by atoms with E-state index in [-0.39, 0.29) is 11.7 Å². The average Bonchev–Trinajstić information content (AvgIpc) is 3.31. The molecule has 0 aliphatic heterocycles. The Morgan fingerprint density at radius 1 is 0.897 bits per heavy atom. The standard InChI is InChI=1S/C24H18N2O3/c1-14-7-9-18(15(2)11-14)24-26-19-13-17(8-10-21(19)29-24)25-23(27)22-12-16-5-3-4-6-20(16)28-22/h3-13H,1-2H3,(H,25,27). The molecule has 0 bridgehead atoms. The minimum atomic E-state index is -0.307. The molecule has 1 amide bonds. The molecule has 3 aromatic carbocycles. The maximum Gasteiger partial charge on any atom is 0.291 e. The van der Waals surface area contributed by atoms with E-state index in [9.17, 15) is 4.79 Å². The van der Waals surface area contributed by atoms with Gasteiger partial charge in [-0.15, -0.1) is 0 Å². The SMILES string of the molecule is Cc1ccc(-c2nc3cc(NC(=O)c4cc5ccccc5o4)ccc3o2)c(C)c1. The molecule has 5 heteroatoms. The summed E-state index contributed by atoms with van der Waals surface area (Å²) in [7, 11) is 0. The molecule has 0 saturated carbocycles. The molecule has 142 valence electrons. The minimum Gasteiger partial charge on any atom is -0.451 e. The lowest BCUT2D eigenvalue weighted by atomic mass is 10.1. The quantitative estimate of drug-likeness (QED) is 0.409. The Labute approximate surface area is 167 Å². The molecule has 5 aromatic rings. The number of furan rings is 1. The lowest BCUT2D eigenvalue weighted by Crippen LogP contribution is -2.10. The molecule has 1 N–H and O–H groups in total. The van der Waals surface area contributed by atoms with Crippen LogP contribution in [0.5, 0.6) is 0 Å². The highest BCUT2D eigenvalue weighted by molar-refractivity contribution is 6.05. The Bertz CT molecular complexity index is 1340. The summed E-state index contributed by atoms with van der Waals surface area (Å²) < 4.78 is 11.5. The number of hydrogen-bond donors (Lipinski definition) is 1. The molecule has 0 unspecified atom stereocenters. The summed E-state index contributed by atoms with van der Waals surface area (Å²) in [4.78, 5) is 17.2. The molecule has 0 atom stereocenters. The number of carbonyl (C=O) groups excluding carboxylic acids is 1. The Balaban J connectivity index is 1.44. The van der Waals surface area contributed by atoms with Crippen LogP contribution in [0, 0.1) is 13.8 Å². The molecule has 29 heavy (non-hydrogen) atoms. The first-order chi connectivity index (χ1) is 14.1. The lowest BCUT2D eigenvalue weighted by molar-refractivity contribution is 0.0998. The van der Waals surface area contributed by atoms with Crippen LogP contribution < -0.4 is 5.32 Å². The third kappa shape index (κ3) is 3.17. The third-order valence-corrected chi connectivity index (χ3v) is 4.91. The number of amides is 1. The summed E-state index contributed by atoms with van der Waals surface area (Å²) in [5.41, 5.74) is 5.92. The van der Waals surface area contributed by atoms with Gasteiger partial charge >= 0.3 is 0 Å². The molecule has 0 aliphatic rings. The average molecular weight is 382 g/mol. The number of carbonyl (C=O) groups is 1. The highest BCUT2D eigenvalue weighted by Gasteiger charge is 2.15. The van der Waals surface area contributed by atoms with Gasteiger partial charge in [-0.2, -0.15) is 0 Å². The number of para-hydroxylation sites is 1. The van der Waals surface area contributed by atoms with Crippen molar-refractivity contribution in [3.05, 3.63) is 83.6 Å². The topological polar surface area (TPSA) is 68.3 Å². The normalized spacial score (nSPS) is 11.2. The maximum absolute atomic E-state index is 12.6. The van der Waals surface area contributed by atoms with Gasteiger partial charge in [0, 0.05) is 16.6 Å². The summed E-state index contributed by atoms with van der Waals surface area (Å²) >= 11 is 0. The molecule has 5 rings (SSSR count). The van der Waals surface area contributed by atoms with Crippen molar-refractivity contribution in [2.24, 2.45) is 0 Å². The Morgan fingerprint density at radius 3 is 2.59 bits per heavy atom. The van der Waals surface area contributed by atoms with E-state index in [0.717, 1.165) is 16.5 Å². The first-order valence-corrected chi connectivity index (χ1v) is 9.35. The van der Waals surface area contributed by atoms with Gasteiger partial charge in [-0.25, -0.2) is 4.98 Å². The minimum absolute atomic E-state index is 0.266. The van der Waals surface area contributed by atoms with Crippen LogP contribution in [0.2, 0.25) is 0 Å². The number of aromatic nitrogens is 1. The number of rotatable bonds is 3. The van der Waals surface area contributed by atoms with Gasteiger partial charge in [0.1, 0.15) is 11.1 Å².